The van der Waals surface area contributed by atoms with Gasteiger partial charge in [0.15, 0.2) is 5.79 Å². The standard InChI is InChI=1S/C17H30O3/c1-13(6-5-9-17(4)19-10-11-20-17)7-8-14-15(12-18)16(14,2)3/h6,14-15,18H,5,7-12H2,1-4H3/b13-6+/t14-,15-/m0/s1. The second kappa shape index (κ2) is 6.17. The Hall–Kier alpha value is -0.380. The van der Waals surface area contributed by atoms with Gasteiger partial charge < -0.3 is 14.6 Å². The van der Waals surface area contributed by atoms with Crippen molar-refractivity contribution in [3.63, 3.8) is 0 Å². The van der Waals surface area contributed by atoms with Crippen molar-refractivity contribution in [3.8, 4) is 0 Å². The Bertz CT molecular complexity index is 353. The first kappa shape index (κ1) is 16.0. The number of ether oxygens (including phenoxy) is 2. The summed E-state index contributed by atoms with van der Waals surface area (Å²) in [5, 5.41) is 9.33. The van der Waals surface area contributed by atoms with Gasteiger partial charge >= 0.3 is 0 Å². The number of aliphatic hydroxyl groups is 1. The summed E-state index contributed by atoms with van der Waals surface area (Å²) >= 11 is 0. The molecule has 2 fully saturated rings. The predicted molar refractivity (Wildman–Crippen MR) is 80.4 cm³/mol. The summed E-state index contributed by atoms with van der Waals surface area (Å²) in [7, 11) is 0. The lowest BCUT2D eigenvalue weighted by Crippen LogP contribution is -2.24. The summed E-state index contributed by atoms with van der Waals surface area (Å²) in [5.41, 5.74) is 1.79. The van der Waals surface area contributed by atoms with Crippen molar-refractivity contribution in [2.45, 2.75) is 59.2 Å². The largest absolute Gasteiger partial charge is 0.396 e. The topological polar surface area (TPSA) is 38.7 Å². The monoisotopic (exact) mass is 282 g/mol. The van der Waals surface area contributed by atoms with E-state index in [1.54, 1.807) is 0 Å². The Morgan fingerprint density at radius 1 is 1.20 bits per heavy atom. The van der Waals surface area contributed by atoms with Gasteiger partial charge in [0.1, 0.15) is 0 Å². The van der Waals surface area contributed by atoms with Crippen molar-refractivity contribution >= 4 is 0 Å². The van der Waals surface area contributed by atoms with Crippen molar-refractivity contribution < 1.29 is 14.6 Å². The summed E-state index contributed by atoms with van der Waals surface area (Å²) in [6.45, 7) is 10.6. The van der Waals surface area contributed by atoms with Crippen LogP contribution in [0.15, 0.2) is 11.6 Å². The van der Waals surface area contributed by atoms with Crippen molar-refractivity contribution in [2.75, 3.05) is 19.8 Å². The SMILES string of the molecule is C/C(=C\CCC1(C)OCCO1)CC[C@H]1[C@H](CO)C1(C)C. The minimum Gasteiger partial charge on any atom is -0.396 e. The van der Waals surface area contributed by atoms with Gasteiger partial charge in [-0.2, -0.15) is 0 Å². The zero-order valence-electron chi connectivity index (χ0n) is 13.4. The molecule has 20 heavy (non-hydrogen) atoms. The van der Waals surface area contributed by atoms with Gasteiger partial charge in [-0.25, -0.2) is 0 Å². The molecule has 3 heteroatoms. The normalized spacial score (nSPS) is 31.6. The Kier molecular flexibility index (Phi) is 4.93. The highest BCUT2D eigenvalue weighted by atomic mass is 16.7. The van der Waals surface area contributed by atoms with Crippen LogP contribution in [0.4, 0.5) is 0 Å². The van der Waals surface area contributed by atoms with Gasteiger partial charge in [-0.15, -0.1) is 0 Å². The molecule has 2 atom stereocenters. The van der Waals surface area contributed by atoms with Gasteiger partial charge in [0, 0.05) is 13.0 Å². The van der Waals surface area contributed by atoms with E-state index in [0.717, 1.165) is 32.5 Å². The fraction of sp³-hybridized carbons (Fsp3) is 0.882. The second-order valence-corrected chi connectivity index (χ2v) is 7.18. The number of rotatable bonds is 7. The molecular weight excluding hydrogens is 252 g/mol. The summed E-state index contributed by atoms with van der Waals surface area (Å²) in [5.74, 6) is 0.835. The first-order valence-corrected chi connectivity index (χ1v) is 7.93. The molecule has 3 nitrogen and oxygen atoms in total. The highest BCUT2D eigenvalue weighted by Crippen LogP contribution is 2.60. The molecular formula is C17H30O3. The summed E-state index contributed by atoms with van der Waals surface area (Å²) in [4.78, 5) is 0. The highest BCUT2D eigenvalue weighted by Gasteiger charge is 2.56. The fourth-order valence-electron chi connectivity index (χ4n) is 3.56. The molecule has 0 unspecified atom stereocenters. The zero-order chi connectivity index (χ0) is 14.8. The molecule has 0 radical (unpaired) electrons. The van der Waals surface area contributed by atoms with Crippen molar-refractivity contribution in [2.24, 2.45) is 17.3 Å². The summed E-state index contributed by atoms with van der Waals surface area (Å²) in [6, 6.07) is 0. The molecule has 2 rings (SSSR count). The Balaban J connectivity index is 1.67. The van der Waals surface area contributed by atoms with E-state index in [-0.39, 0.29) is 5.79 Å². The minimum atomic E-state index is -0.364. The molecule has 1 saturated carbocycles. The van der Waals surface area contributed by atoms with E-state index in [4.69, 9.17) is 9.47 Å². The van der Waals surface area contributed by atoms with E-state index in [1.165, 1.54) is 12.0 Å². The van der Waals surface area contributed by atoms with Crippen LogP contribution in [-0.4, -0.2) is 30.7 Å². The molecule has 116 valence electrons. The molecule has 0 aromatic rings. The van der Waals surface area contributed by atoms with E-state index in [9.17, 15) is 5.11 Å². The molecule has 1 aliphatic carbocycles. The molecule has 1 heterocycles. The van der Waals surface area contributed by atoms with Crippen LogP contribution in [0.2, 0.25) is 0 Å². The van der Waals surface area contributed by atoms with Crippen LogP contribution < -0.4 is 0 Å². The minimum absolute atomic E-state index is 0.341. The maximum atomic E-state index is 9.33. The van der Waals surface area contributed by atoms with Crippen LogP contribution in [0.25, 0.3) is 0 Å². The van der Waals surface area contributed by atoms with Crippen LogP contribution in [0.3, 0.4) is 0 Å². The van der Waals surface area contributed by atoms with Crippen molar-refractivity contribution in [1.82, 2.24) is 0 Å². The molecule has 1 aliphatic heterocycles. The summed E-state index contributed by atoms with van der Waals surface area (Å²) in [6.07, 6.45) is 6.60. The van der Waals surface area contributed by atoms with Crippen molar-refractivity contribution in [3.05, 3.63) is 11.6 Å². The number of allylic oxidation sites excluding steroid dienone is 2. The van der Waals surface area contributed by atoms with Crippen molar-refractivity contribution in [1.29, 1.82) is 0 Å². The number of aliphatic hydroxyl groups excluding tert-OH is 1. The molecule has 0 aromatic carbocycles. The quantitative estimate of drug-likeness (QED) is 0.726. The lowest BCUT2D eigenvalue weighted by molar-refractivity contribution is -0.145. The van der Waals surface area contributed by atoms with E-state index in [1.807, 2.05) is 6.92 Å². The molecule has 0 amide bonds. The molecule has 1 N–H and O–H groups in total. The Morgan fingerprint density at radius 2 is 1.85 bits per heavy atom. The van der Waals surface area contributed by atoms with Gasteiger partial charge in [0.05, 0.1) is 13.2 Å². The number of hydrogen-bond acceptors (Lipinski definition) is 3. The maximum absolute atomic E-state index is 9.33. The maximum Gasteiger partial charge on any atom is 0.166 e. The molecule has 0 bridgehead atoms. The van der Waals surface area contributed by atoms with E-state index in [0.29, 0.717) is 23.9 Å². The smallest absolute Gasteiger partial charge is 0.166 e. The highest BCUT2D eigenvalue weighted by molar-refractivity contribution is 5.07. The van der Waals surface area contributed by atoms with Gasteiger partial charge in [-0.05, 0) is 50.4 Å². The van der Waals surface area contributed by atoms with Gasteiger partial charge in [0.25, 0.3) is 0 Å². The van der Waals surface area contributed by atoms with Gasteiger partial charge in [0.2, 0.25) is 0 Å². The van der Waals surface area contributed by atoms with Crippen LogP contribution in [-0.2, 0) is 9.47 Å². The average Bonchev–Trinajstić information content (AvgIpc) is 2.70. The molecule has 2 aliphatic rings. The van der Waals surface area contributed by atoms with E-state index in [2.05, 4.69) is 26.8 Å². The third kappa shape index (κ3) is 3.63. The van der Waals surface area contributed by atoms with Crippen LogP contribution in [0.1, 0.15) is 53.4 Å². The number of hydrogen-bond donors (Lipinski definition) is 1. The molecule has 0 spiro atoms. The van der Waals surface area contributed by atoms with Gasteiger partial charge in [-0.1, -0.05) is 25.5 Å². The van der Waals surface area contributed by atoms with Crippen LogP contribution >= 0.6 is 0 Å². The lowest BCUT2D eigenvalue weighted by Gasteiger charge is -2.21. The van der Waals surface area contributed by atoms with Gasteiger partial charge in [-0.3, -0.25) is 0 Å². The Labute approximate surface area is 123 Å². The van der Waals surface area contributed by atoms with E-state index >= 15 is 0 Å². The predicted octanol–water partition coefficient (Wildman–Crippen LogP) is 3.52. The molecule has 0 aromatic heterocycles. The first-order chi connectivity index (χ1) is 9.39. The fourth-order valence-corrected chi connectivity index (χ4v) is 3.56. The summed E-state index contributed by atoms with van der Waals surface area (Å²) < 4.78 is 11.2. The third-order valence-corrected chi connectivity index (χ3v) is 5.32. The van der Waals surface area contributed by atoms with Crippen LogP contribution in [0, 0.1) is 17.3 Å². The average molecular weight is 282 g/mol. The lowest BCUT2D eigenvalue weighted by atomic mass is 10.0. The van der Waals surface area contributed by atoms with E-state index < -0.39 is 0 Å². The Morgan fingerprint density at radius 3 is 2.40 bits per heavy atom. The van der Waals surface area contributed by atoms with Crippen LogP contribution in [0.5, 0.6) is 0 Å². The zero-order valence-corrected chi connectivity index (χ0v) is 13.4. The molecule has 1 saturated heterocycles. The first-order valence-electron chi connectivity index (χ1n) is 7.93. The second-order valence-electron chi connectivity index (χ2n) is 7.18. The third-order valence-electron chi connectivity index (χ3n) is 5.32.